The van der Waals surface area contributed by atoms with Gasteiger partial charge < -0.3 is 4.74 Å². The topological polar surface area (TPSA) is 26.3 Å². The summed E-state index contributed by atoms with van der Waals surface area (Å²) in [6.45, 7) is 0. The first-order valence-electron chi connectivity index (χ1n) is 7.00. The van der Waals surface area contributed by atoms with Crippen molar-refractivity contribution >= 4 is 28.4 Å². The van der Waals surface area contributed by atoms with Crippen LogP contribution in [-0.4, -0.2) is 19.0 Å². The summed E-state index contributed by atoms with van der Waals surface area (Å²) in [5.74, 6) is 0.658. The lowest BCUT2D eigenvalue weighted by molar-refractivity contribution is -0.132. The van der Waals surface area contributed by atoms with Crippen LogP contribution in [0.5, 0.6) is 0 Å². The van der Waals surface area contributed by atoms with Crippen LogP contribution < -0.4 is 0 Å². The zero-order valence-corrected chi connectivity index (χ0v) is 13.6. The van der Waals surface area contributed by atoms with Crippen molar-refractivity contribution in [1.82, 2.24) is 0 Å². The summed E-state index contributed by atoms with van der Waals surface area (Å²) in [5.41, 5.74) is 1.09. The average molecular weight is 372 g/mol. The van der Waals surface area contributed by atoms with Gasteiger partial charge in [-0.15, -0.1) is 0 Å². The van der Waals surface area contributed by atoms with Gasteiger partial charge in [-0.3, -0.25) is 4.79 Å². The molecule has 1 saturated carbocycles. The van der Waals surface area contributed by atoms with E-state index in [0.717, 1.165) is 18.4 Å². The molecule has 2 nitrogen and oxygen atoms in total. The quantitative estimate of drug-likeness (QED) is 0.731. The maximum atomic E-state index is 12.4. The Hall–Kier alpha value is -0.420. The monoisotopic (exact) mass is 372 g/mol. The molecule has 104 valence electrons. The number of methoxy groups -OCH3 is 1. The van der Waals surface area contributed by atoms with Crippen molar-refractivity contribution in [2.45, 2.75) is 44.6 Å². The fourth-order valence-corrected chi connectivity index (χ4v) is 3.29. The van der Waals surface area contributed by atoms with Crippen LogP contribution in [-0.2, 0) is 16.0 Å². The Morgan fingerprint density at radius 3 is 2.47 bits per heavy atom. The minimum absolute atomic E-state index is 0.209. The smallest absolute Gasteiger partial charge is 0.166 e. The second-order valence-corrected chi connectivity index (χ2v) is 6.57. The molecule has 0 amide bonds. The molecule has 0 aliphatic heterocycles. The Morgan fingerprint density at radius 1 is 1.26 bits per heavy atom. The highest BCUT2D eigenvalue weighted by atomic mass is 127. The van der Waals surface area contributed by atoms with E-state index in [1.54, 1.807) is 7.11 Å². The van der Waals surface area contributed by atoms with Gasteiger partial charge in [-0.1, -0.05) is 31.4 Å². The van der Waals surface area contributed by atoms with E-state index in [-0.39, 0.29) is 11.9 Å². The number of halogens is 1. The fraction of sp³-hybridized carbons (Fsp3) is 0.562. The predicted molar refractivity (Wildman–Crippen MR) is 85.2 cm³/mol. The number of hydrogen-bond donors (Lipinski definition) is 0. The number of ether oxygens (including phenoxy) is 1. The summed E-state index contributed by atoms with van der Waals surface area (Å²) >= 11 is 2.28. The number of benzene rings is 1. The van der Waals surface area contributed by atoms with E-state index in [1.165, 1.54) is 22.8 Å². The molecule has 0 bridgehead atoms. The molecule has 1 aliphatic carbocycles. The third-order valence-corrected chi connectivity index (χ3v) is 4.66. The largest absolute Gasteiger partial charge is 0.373 e. The van der Waals surface area contributed by atoms with Gasteiger partial charge in [0.15, 0.2) is 5.78 Å². The van der Waals surface area contributed by atoms with E-state index in [2.05, 4.69) is 22.6 Å². The second-order valence-electron chi connectivity index (χ2n) is 5.32. The van der Waals surface area contributed by atoms with Gasteiger partial charge in [0.1, 0.15) is 6.10 Å². The molecule has 1 fully saturated rings. The zero-order chi connectivity index (χ0) is 13.7. The Kier molecular flexibility index (Phi) is 5.82. The van der Waals surface area contributed by atoms with E-state index in [9.17, 15) is 4.79 Å². The first-order chi connectivity index (χ1) is 9.20. The molecular formula is C16H21IO2. The Balaban J connectivity index is 1.97. The Labute approximate surface area is 129 Å². The lowest BCUT2D eigenvalue weighted by Crippen LogP contribution is -2.34. The molecule has 1 aliphatic rings. The molecule has 0 radical (unpaired) electrons. The van der Waals surface area contributed by atoms with E-state index in [0.29, 0.717) is 12.3 Å². The van der Waals surface area contributed by atoms with Crippen molar-refractivity contribution in [3.63, 3.8) is 0 Å². The van der Waals surface area contributed by atoms with Crippen molar-refractivity contribution in [3.8, 4) is 0 Å². The lowest BCUT2D eigenvalue weighted by atomic mass is 9.82. The summed E-state index contributed by atoms with van der Waals surface area (Å²) in [4.78, 5) is 12.4. The minimum Gasteiger partial charge on any atom is -0.373 e. The predicted octanol–water partition coefficient (Wildman–Crippen LogP) is 4.00. The molecule has 1 unspecified atom stereocenters. The van der Waals surface area contributed by atoms with Gasteiger partial charge in [0.25, 0.3) is 0 Å². The lowest BCUT2D eigenvalue weighted by Gasteiger charge is -2.28. The van der Waals surface area contributed by atoms with E-state index in [1.807, 2.05) is 24.3 Å². The molecule has 0 heterocycles. The highest BCUT2D eigenvalue weighted by Crippen LogP contribution is 2.28. The molecule has 1 atom stereocenters. The van der Waals surface area contributed by atoms with Gasteiger partial charge in [-0.25, -0.2) is 0 Å². The van der Waals surface area contributed by atoms with Crippen LogP contribution in [0.25, 0.3) is 0 Å². The van der Waals surface area contributed by atoms with Crippen molar-refractivity contribution in [2.24, 2.45) is 5.92 Å². The summed E-state index contributed by atoms with van der Waals surface area (Å²) in [5, 5.41) is 0. The average Bonchev–Trinajstić information content (AvgIpc) is 2.43. The second kappa shape index (κ2) is 7.39. The van der Waals surface area contributed by atoms with Gasteiger partial charge in [0.05, 0.1) is 0 Å². The number of Topliss-reactive ketones (excluding diaryl/α,β-unsaturated/α-hetero) is 1. The third-order valence-electron chi connectivity index (χ3n) is 3.94. The number of carbonyl (C=O) groups excluding carboxylic acids is 1. The molecule has 0 N–H and O–H groups in total. The van der Waals surface area contributed by atoms with E-state index >= 15 is 0 Å². The van der Waals surface area contributed by atoms with Crippen LogP contribution in [0.4, 0.5) is 0 Å². The first-order valence-corrected chi connectivity index (χ1v) is 8.08. The standard InChI is InChI=1S/C16H21IO2/c1-19-16(13-5-3-2-4-6-13)15(18)11-12-7-9-14(17)10-8-12/h7-10,13,16H,2-6,11H2,1H3. The van der Waals surface area contributed by atoms with E-state index in [4.69, 9.17) is 4.74 Å². The third kappa shape index (κ3) is 4.28. The molecule has 0 aromatic heterocycles. The molecule has 19 heavy (non-hydrogen) atoms. The molecular weight excluding hydrogens is 351 g/mol. The molecule has 0 spiro atoms. The number of ketones is 1. The molecule has 2 rings (SSSR count). The van der Waals surface area contributed by atoms with Crippen LogP contribution in [0.15, 0.2) is 24.3 Å². The summed E-state index contributed by atoms with van der Waals surface area (Å²) in [6, 6.07) is 8.16. The molecule has 3 heteroatoms. The number of hydrogen-bond acceptors (Lipinski definition) is 2. The maximum Gasteiger partial charge on any atom is 0.166 e. The van der Waals surface area contributed by atoms with E-state index < -0.39 is 0 Å². The van der Waals surface area contributed by atoms with Gasteiger partial charge in [0, 0.05) is 17.1 Å². The van der Waals surface area contributed by atoms with Crippen molar-refractivity contribution in [3.05, 3.63) is 33.4 Å². The SMILES string of the molecule is COC(C(=O)Cc1ccc(I)cc1)C1CCCCC1. The molecule has 1 aromatic rings. The number of carbonyl (C=O) groups is 1. The highest BCUT2D eigenvalue weighted by Gasteiger charge is 2.29. The van der Waals surface area contributed by atoms with Gasteiger partial charge in [-0.05, 0) is 59.0 Å². The minimum atomic E-state index is -0.209. The molecule has 1 aromatic carbocycles. The van der Waals surface area contributed by atoms with Gasteiger partial charge in [0.2, 0.25) is 0 Å². The first kappa shape index (κ1) is 15.0. The number of rotatable bonds is 5. The highest BCUT2D eigenvalue weighted by molar-refractivity contribution is 14.1. The summed E-state index contributed by atoms with van der Waals surface area (Å²) < 4.78 is 6.69. The Morgan fingerprint density at radius 2 is 1.89 bits per heavy atom. The normalized spacial score (nSPS) is 18.2. The van der Waals surface area contributed by atoms with Gasteiger partial charge >= 0.3 is 0 Å². The van der Waals surface area contributed by atoms with Crippen LogP contribution >= 0.6 is 22.6 Å². The van der Waals surface area contributed by atoms with Crippen molar-refractivity contribution in [1.29, 1.82) is 0 Å². The van der Waals surface area contributed by atoms with Crippen molar-refractivity contribution in [2.75, 3.05) is 7.11 Å². The molecule has 0 saturated heterocycles. The Bertz CT molecular complexity index is 407. The zero-order valence-electron chi connectivity index (χ0n) is 11.4. The van der Waals surface area contributed by atoms with Crippen molar-refractivity contribution < 1.29 is 9.53 Å². The fourth-order valence-electron chi connectivity index (χ4n) is 2.93. The van der Waals surface area contributed by atoms with Crippen LogP contribution in [0.3, 0.4) is 0 Å². The van der Waals surface area contributed by atoms with Gasteiger partial charge in [-0.2, -0.15) is 0 Å². The summed E-state index contributed by atoms with van der Waals surface area (Å²) in [7, 11) is 1.67. The van der Waals surface area contributed by atoms with Crippen LogP contribution in [0, 0.1) is 9.49 Å². The van der Waals surface area contributed by atoms with Crippen LogP contribution in [0.1, 0.15) is 37.7 Å². The van der Waals surface area contributed by atoms with Crippen LogP contribution in [0.2, 0.25) is 0 Å². The summed E-state index contributed by atoms with van der Waals surface area (Å²) in [6.07, 6.45) is 6.33. The maximum absolute atomic E-state index is 12.4.